The third kappa shape index (κ3) is 3.17. The number of hydrogen-bond acceptors (Lipinski definition) is 7. The van der Waals surface area contributed by atoms with Gasteiger partial charge >= 0.3 is 12.0 Å². The molecule has 2 N–H and O–H groups in total. The van der Waals surface area contributed by atoms with Gasteiger partial charge in [0.1, 0.15) is 6.23 Å². The topological polar surface area (TPSA) is 97.3 Å². The summed E-state index contributed by atoms with van der Waals surface area (Å²) in [6.07, 6.45) is 4.87. The van der Waals surface area contributed by atoms with Crippen molar-refractivity contribution in [1.29, 1.82) is 0 Å². The minimum absolute atomic E-state index is 0.151. The number of fused-ring (bicyclic) bond motifs is 1. The number of aromatic nitrogens is 4. The standard InChI is InChI=1S/C15H23N5O3/c1-3-4-8-23-14-18-12(16)11-13(19-14)20(15(17-11)21-2)10-7-5-6-9-22-10/h10H,3-9H2,1-2H3,(H2,16,18,19)/t10-/m1/s1. The van der Waals surface area contributed by atoms with Crippen molar-refractivity contribution in [2.75, 3.05) is 26.1 Å². The Morgan fingerprint density at radius 2 is 2.17 bits per heavy atom. The monoisotopic (exact) mass is 321 g/mol. The van der Waals surface area contributed by atoms with Gasteiger partial charge in [0.25, 0.3) is 0 Å². The summed E-state index contributed by atoms with van der Waals surface area (Å²) in [7, 11) is 1.57. The Balaban J connectivity index is 2.01. The highest BCUT2D eigenvalue weighted by atomic mass is 16.5. The van der Waals surface area contributed by atoms with Crippen LogP contribution in [0.2, 0.25) is 0 Å². The molecule has 8 heteroatoms. The number of ether oxygens (including phenoxy) is 3. The van der Waals surface area contributed by atoms with E-state index < -0.39 is 0 Å². The number of unbranched alkanes of at least 4 members (excludes halogenated alkanes) is 1. The average Bonchev–Trinajstić information content (AvgIpc) is 2.95. The summed E-state index contributed by atoms with van der Waals surface area (Å²) in [6, 6.07) is 0.696. The summed E-state index contributed by atoms with van der Waals surface area (Å²) < 4.78 is 18.7. The molecular formula is C15H23N5O3. The Morgan fingerprint density at radius 3 is 2.87 bits per heavy atom. The van der Waals surface area contributed by atoms with E-state index in [0.717, 1.165) is 32.1 Å². The van der Waals surface area contributed by atoms with Crippen LogP contribution in [0.4, 0.5) is 5.82 Å². The highest BCUT2D eigenvalue weighted by Crippen LogP contribution is 2.33. The fourth-order valence-corrected chi connectivity index (χ4v) is 2.66. The fourth-order valence-electron chi connectivity index (χ4n) is 2.66. The van der Waals surface area contributed by atoms with Crippen LogP contribution >= 0.6 is 0 Å². The van der Waals surface area contributed by atoms with Crippen LogP contribution in [0.25, 0.3) is 11.2 Å². The van der Waals surface area contributed by atoms with Gasteiger partial charge in [-0.15, -0.1) is 0 Å². The van der Waals surface area contributed by atoms with Gasteiger partial charge in [0.05, 0.1) is 13.7 Å². The summed E-state index contributed by atoms with van der Waals surface area (Å²) in [4.78, 5) is 13.1. The van der Waals surface area contributed by atoms with Crippen molar-refractivity contribution in [3.8, 4) is 12.0 Å². The van der Waals surface area contributed by atoms with Gasteiger partial charge in [-0.2, -0.15) is 15.0 Å². The Hall–Kier alpha value is -2.09. The van der Waals surface area contributed by atoms with Crippen LogP contribution in [0.1, 0.15) is 45.3 Å². The number of anilines is 1. The van der Waals surface area contributed by atoms with E-state index in [1.165, 1.54) is 0 Å². The Labute approximate surface area is 135 Å². The second-order valence-electron chi connectivity index (χ2n) is 5.56. The first-order valence-electron chi connectivity index (χ1n) is 8.08. The van der Waals surface area contributed by atoms with Crippen molar-refractivity contribution >= 4 is 17.0 Å². The Kier molecular flexibility index (Phi) is 4.80. The van der Waals surface area contributed by atoms with Crippen molar-refractivity contribution in [2.45, 2.75) is 45.3 Å². The van der Waals surface area contributed by atoms with Gasteiger partial charge in [-0.1, -0.05) is 13.3 Å². The number of nitrogens with two attached hydrogens (primary N) is 1. The number of rotatable bonds is 6. The van der Waals surface area contributed by atoms with Crippen molar-refractivity contribution < 1.29 is 14.2 Å². The molecule has 8 nitrogen and oxygen atoms in total. The van der Waals surface area contributed by atoms with E-state index in [0.29, 0.717) is 30.4 Å². The first-order chi connectivity index (χ1) is 11.2. The lowest BCUT2D eigenvalue weighted by Crippen LogP contribution is -2.19. The SMILES string of the molecule is CCCCOc1nc(N)c2nc(OC)n([C@H]3CCCCO3)c2n1. The van der Waals surface area contributed by atoms with Gasteiger partial charge < -0.3 is 19.9 Å². The lowest BCUT2D eigenvalue weighted by molar-refractivity contribution is -0.0334. The number of methoxy groups -OCH3 is 1. The summed E-state index contributed by atoms with van der Waals surface area (Å²) in [5, 5.41) is 0. The van der Waals surface area contributed by atoms with Crippen molar-refractivity contribution in [2.24, 2.45) is 0 Å². The van der Waals surface area contributed by atoms with Crippen LogP contribution in [0.5, 0.6) is 12.0 Å². The number of imidazole rings is 1. The van der Waals surface area contributed by atoms with Gasteiger partial charge in [0, 0.05) is 6.61 Å². The maximum Gasteiger partial charge on any atom is 0.320 e. The molecule has 1 saturated heterocycles. The van der Waals surface area contributed by atoms with Crippen LogP contribution < -0.4 is 15.2 Å². The molecule has 0 unspecified atom stereocenters. The maximum atomic E-state index is 6.02. The molecule has 1 atom stereocenters. The molecule has 0 spiro atoms. The molecule has 1 aliphatic heterocycles. The van der Waals surface area contributed by atoms with E-state index in [9.17, 15) is 0 Å². The molecule has 1 fully saturated rings. The van der Waals surface area contributed by atoms with E-state index in [1.54, 1.807) is 7.11 Å². The van der Waals surface area contributed by atoms with Gasteiger partial charge in [0.15, 0.2) is 17.0 Å². The van der Waals surface area contributed by atoms with E-state index in [-0.39, 0.29) is 18.1 Å². The maximum absolute atomic E-state index is 6.02. The summed E-state index contributed by atoms with van der Waals surface area (Å²) in [5.74, 6) is 0.286. The summed E-state index contributed by atoms with van der Waals surface area (Å²) >= 11 is 0. The van der Waals surface area contributed by atoms with Crippen LogP contribution in [-0.2, 0) is 4.74 Å². The lowest BCUT2D eigenvalue weighted by atomic mass is 10.2. The molecule has 0 aromatic carbocycles. The van der Waals surface area contributed by atoms with Gasteiger partial charge in [-0.3, -0.25) is 4.57 Å². The predicted octanol–water partition coefficient (Wildman–Crippen LogP) is 2.30. The minimum Gasteiger partial charge on any atom is -0.468 e. The molecule has 3 heterocycles. The van der Waals surface area contributed by atoms with E-state index in [1.807, 2.05) is 4.57 Å². The third-order valence-corrected chi connectivity index (χ3v) is 3.87. The zero-order valence-electron chi connectivity index (χ0n) is 13.6. The molecule has 2 aromatic rings. The molecule has 0 aliphatic carbocycles. The van der Waals surface area contributed by atoms with Crippen molar-refractivity contribution in [3.05, 3.63) is 0 Å². The van der Waals surface area contributed by atoms with Gasteiger partial charge in [-0.05, 0) is 25.7 Å². The van der Waals surface area contributed by atoms with Crippen LogP contribution in [0.15, 0.2) is 0 Å². The molecular weight excluding hydrogens is 298 g/mol. The first kappa shape index (κ1) is 15.8. The molecule has 3 rings (SSSR count). The third-order valence-electron chi connectivity index (χ3n) is 3.87. The minimum atomic E-state index is -0.151. The smallest absolute Gasteiger partial charge is 0.320 e. The van der Waals surface area contributed by atoms with Crippen LogP contribution in [0.3, 0.4) is 0 Å². The van der Waals surface area contributed by atoms with Crippen molar-refractivity contribution in [3.63, 3.8) is 0 Å². The normalized spacial score (nSPS) is 18.3. The largest absolute Gasteiger partial charge is 0.468 e. The molecule has 1 aliphatic rings. The Bertz CT molecular complexity index is 667. The molecule has 0 bridgehead atoms. The van der Waals surface area contributed by atoms with E-state index >= 15 is 0 Å². The number of hydrogen-bond donors (Lipinski definition) is 1. The highest BCUT2D eigenvalue weighted by molar-refractivity contribution is 5.83. The molecule has 0 saturated carbocycles. The fraction of sp³-hybridized carbons (Fsp3) is 0.667. The Morgan fingerprint density at radius 1 is 1.30 bits per heavy atom. The molecule has 0 amide bonds. The van der Waals surface area contributed by atoms with Gasteiger partial charge in [0.2, 0.25) is 0 Å². The summed E-state index contributed by atoms with van der Waals surface area (Å²) in [6.45, 7) is 3.38. The second-order valence-corrected chi connectivity index (χ2v) is 5.56. The first-order valence-corrected chi connectivity index (χ1v) is 8.08. The number of nitrogen functional groups attached to an aromatic ring is 1. The molecule has 0 radical (unpaired) electrons. The quantitative estimate of drug-likeness (QED) is 0.815. The molecule has 2 aromatic heterocycles. The van der Waals surface area contributed by atoms with E-state index in [2.05, 4.69) is 21.9 Å². The van der Waals surface area contributed by atoms with E-state index in [4.69, 9.17) is 19.9 Å². The number of nitrogens with zero attached hydrogens (tertiary/aromatic N) is 4. The lowest BCUT2D eigenvalue weighted by Gasteiger charge is -2.24. The molecule has 126 valence electrons. The average molecular weight is 321 g/mol. The predicted molar refractivity (Wildman–Crippen MR) is 85.5 cm³/mol. The highest BCUT2D eigenvalue weighted by Gasteiger charge is 2.25. The second kappa shape index (κ2) is 6.99. The zero-order valence-corrected chi connectivity index (χ0v) is 13.6. The van der Waals surface area contributed by atoms with Gasteiger partial charge in [-0.25, -0.2) is 0 Å². The van der Waals surface area contributed by atoms with Crippen molar-refractivity contribution in [1.82, 2.24) is 19.5 Å². The zero-order chi connectivity index (χ0) is 16.2. The summed E-state index contributed by atoms with van der Waals surface area (Å²) in [5.41, 5.74) is 7.13. The molecule has 23 heavy (non-hydrogen) atoms. The van der Waals surface area contributed by atoms with Crippen LogP contribution in [0, 0.1) is 0 Å². The van der Waals surface area contributed by atoms with Crippen LogP contribution in [-0.4, -0.2) is 39.8 Å².